The van der Waals surface area contributed by atoms with E-state index in [1.54, 1.807) is 12.1 Å². The van der Waals surface area contributed by atoms with Crippen LogP contribution >= 0.6 is 11.6 Å². The van der Waals surface area contributed by atoms with Gasteiger partial charge in [0.05, 0.1) is 6.04 Å². The molecule has 1 aromatic carbocycles. The fourth-order valence-corrected chi connectivity index (χ4v) is 2.20. The van der Waals surface area contributed by atoms with Gasteiger partial charge in [-0.1, -0.05) is 28.9 Å². The van der Waals surface area contributed by atoms with E-state index in [9.17, 15) is 0 Å². The summed E-state index contributed by atoms with van der Waals surface area (Å²) in [4.78, 5) is 0. The molecule has 2 rings (SSSR count). The van der Waals surface area contributed by atoms with E-state index < -0.39 is 0 Å². The number of hydrogen-bond acceptors (Lipinski definition) is 4. The minimum absolute atomic E-state index is 0.0378. The van der Waals surface area contributed by atoms with Crippen LogP contribution in [0.3, 0.4) is 0 Å². The van der Waals surface area contributed by atoms with Crippen LogP contribution in [0, 0.1) is 6.92 Å². The van der Waals surface area contributed by atoms with E-state index in [0.717, 1.165) is 17.1 Å². The van der Waals surface area contributed by atoms with Crippen molar-refractivity contribution in [2.45, 2.75) is 26.4 Å². The van der Waals surface area contributed by atoms with Crippen LogP contribution in [0.5, 0.6) is 0 Å². The topological polar surface area (TPSA) is 83.8 Å². The predicted octanol–water partition coefficient (Wildman–Crippen LogP) is 3.19. The highest BCUT2D eigenvalue weighted by Crippen LogP contribution is 2.20. The molecule has 4 N–H and O–H groups in total. The Bertz CT molecular complexity index is 652. The Hall–Kier alpha value is -1.98. The molecule has 2 aromatic rings. The lowest BCUT2D eigenvalue weighted by Gasteiger charge is -2.13. The highest BCUT2D eigenvalue weighted by atomic mass is 35.5. The van der Waals surface area contributed by atoms with Crippen LogP contribution in [0.2, 0.25) is 5.02 Å². The molecule has 1 aromatic heterocycles. The van der Waals surface area contributed by atoms with Gasteiger partial charge in [-0.3, -0.25) is 0 Å². The van der Waals surface area contributed by atoms with E-state index in [1.807, 2.05) is 32.0 Å². The average Bonchev–Trinajstić information content (AvgIpc) is 2.91. The first-order valence-electron chi connectivity index (χ1n) is 6.57. The van der Waals surface area contributed by atoms with E-state index in [4.69, 9.17) is 27.0 Å². The number of furan rings is 1. The van der Waals surface area contributed by atoms with Gasteiger partial charge in [0, 0.05) is 17.1 Å². The molecule has 0 saturated heterocycles. The molecule has 0 amide bonds. The Balaban J connectivity index is 2.03. The van der Waals surface area contributed by atoms with E-state index in [-0.39, 0.29) is 11.9 Å². The van der Waals surface area contributed by atoms with E-state index in [2.05, 4.69) is 10.5 Å². The number of rotatable bonds is 5. The molecule has 1 unspecified atom stereocenters. The zero-order chi connectivity index (χ0) is 15.4. The summed E-state index contributed by atoms with van der Waals surface area (Å²) in [6.07, 6.45) is 0. The molecule has 112 valence electrons. The first-order valence-corrected chi connectivity index (χ1v) is 6.95. The quantitative estimate of drug-likeness (QED) is 0.343. The van der Waals surface area contributed by atoms with Gasteiger partial charge in [-0.2, -0.15) is 0 Å². The van der Waals surface area contributed by atoms with Gasteiger partial charge in [-0.05, 0) is 37.6 Å². The van der Waals surface area contributed by atoms with Crippen LogP contribution in [0.4, 0.5) is 0 Å². The second-order valence-electron chi connectivity index (χ2n) is 4.84. The van der Waals surface area contributed by atoms with Gasteiger partial charge in [0.15, 0.2) is 5.84 Å². The molecule has 1 heterocycles. The monoisotopic (exact) mass is 307 g/mol. The lowest BCUT2D eigenvalue weighted by atomic mass is 10.1. The third-order valence-electron chi connectivity index (χ3n) is 3.24. The van der Waals surface area contributed by atoms with Crippen molar-refractivity contribution >= 4 is 17.4 Å². The predicted molar refractivity (Wildman–Crippen MR) is 82.7 cm³/mol. The molecule has 0 fully saturated rings. The van der Waals surface area contributed by atoms with Crippen molar-refractivity contribution in [3.05, 3.63) is 58.0 Å². The van der Waals surface area contributed by atoms with E-state index in [0.29, 0.717) is 17.1 Å². The average molecular weight is 308 g/mol. The summed E-state index contributed by atoms with van der Waals surface area (Å²) in [7, 11) is 0. The molecule has 0 aliphatic carbocycles. The highest BCUT2D eigenvalue weighted by Gasteiger charge is 2.10. The molecule has 0 bridgehead atoms. The van der Waals surface area contributed by atoms with E-state index in [1.165, 1.54) is 0 Å². The third kappa shape index (κ3) is 3.77. The number of amidine groups is 1. The number of nitrogens with two attached hydrogens (primary N) is 1. The van der Waals surface area contributed by atoms with Gasteiger partial charge in [-0.15, -0.1) is 0 Å². The number of halogens is 1. The smallest absolute Gasteiger partial charge is 0.170 e. The van der Waals surface area contributed by atoms with E-state index >= 15 is 0 Å². The van der Waals surface area contributed by atoms with Crippen LogP contribution in [-0.4, -0.2) is 11.0 Å². The molecular formula is C15H18ClN3O2. The summed E-state index contributed by atoms with van der Waals surface area (Å²) in [5.41, 5.74) is 7.04. The van der Waals surface area contributed by atoms with Gasteiger partial charge in [0.2, 0.25) is 0 Å². The van der Waals surface area contributed by atoms with Crippen molar-refractivity contribution in [3.8, 4) is 0 Å². The standard InChI is InChI=1S/C15H18ClN3O2/c1-9-3-6-14(21-9)10(2)18-8-12-5-4-11(7-13(12)16)15(17)19-20/h3-7,10,18,20H,8H2,1-2H3,(H2,17,19). The number of oxime groups is 1. The van der Waals surface area contributed by atoms with Crippen molar-refractivity contribution in [2.24, 2.45) is 10.9 Å². The second-order valence-corrected chi connectivity index (χ2v) is 5.25. The Kier molecular flexibility index (Phi) is 4.88. The molecule has 1 atom stereocenters. The van der Waals surface area contributed by atoms with Crippen LogP contribution in [0.25, 0.3) is 0 Å². The number of nitrogens with one attached hydrogen (secondary N) is 1. The van der Waals surface area contributed by atoms with Crippen molar-refractivity contribution in [3.63, 3.8) is 0 Å². The van der Waals surface area contributed by atoms with Crippen LogP contribution < -0.4 is 11.1 Å². The fraction of sp³-hybridized carbons (Fsp3) is 0.267. The number of hydrogen-bond donors (Lipinski definition) is 3. The van der Waals surface area contributed by atoms with Gasteiger partial charge in [-0.25, -0.2) is 0 Å². The van der Waals surface area contributed by atoms with Crippen molar-refractivity contribution < 1.29 is 9.62 Å². The summed E-state index contributed by atoms with van der Waals surface area (Å²) in [6, 6.07) is 9.26. The van der Waals surface area contributed by atoms with Gasteiger partial charge >= 0.3 is 0 Å². The van der Waals surface area contributed by atoms with Crippen molar-refractivity contribution in [1.82, 2.24) is 5.32 Å². The zero-order valence-corrected chi connectivity index (χ0v) is 12.7. The van der Waals surface area contributed by atoms with Gasteiger partial charge in [0.25, 0.3) is 0 Å². The van der Waals surface area contributed by atoms with Crippen LogP contribution in [0.15, 0.2) is 39.9 Å². The van der Waals surface area contributed by atoms with Gasteiger partial charge in [0.1, 0.15) is 11.5 Å². The molecule has 0 spiro atoms. The number of benzene rings is 1. The van der Waals surface area contributed by atoms with Crippen molar-refractivity contribution in [2.75, 3.05) is 0 Å². The molecule has 6 heteroatoms. The zero-order valence-electron chi connectivity index (χ0n) is 11.9. The normalized spacial score (nSPS) is 13.4. The molecule has 21 heavy (non-hydrogen) atoms. The van der Waals surface area contributed by atoms with Crippen LogP contribution in [-0.2, 0) is 6.54 Å². The Morgan fingerprint density at radius 2 is 2.19 bits per heavy atom. The second kappa shape index (κ2) is 6.65. The molecule has 0 saturated carbocycles. The van der Waals surface area contributed by atoms with Crippen molar-refractivity contribution in [1.29, 1.82) is 0 Å². The van der Waals surface area contributed by atoms with Gasteiger partial charge < -0.3 is 20.7 Å². The lowest BCUT2D eigenvalue weighted by molar-refractivity contribution is 0.318. The third-order valence-corrected chi connectivity index (χ3v) is 3.60. The SMILES string of the molecule is Cc1ccc(C(C)NCc2ccc(/C(N)=N/O)cc2Cl)o1. The molecule has 5 nitrogen and oxygen atoms in total. The number of nitrogens with zero attached hydrogens (tertiary/aromatic N) is 1. The van der Waals surface area contributed by atoms with Crippen LogP contribution in [0.1, 0.15) is 35.6 Å². The summed E-state index contributed by atoms with van der Waals surface area (Å²) in [6.45, 7) is 4.53. The maximum absolute atomic E-state index is 8.65. The summed E-state index contributed by atoms with van der Waals surface area (Å²) in [5, 5.41) is 15.5. The maximum atomic E-state index is 8.65. The minimum atomic E-state index is 0.0378. The minimum Gasteiger partial charge on any atom is -0.465 e. The molecular weight excluding hydrogens is 290 g/mol. The Morgan fingerprint density at radius 1 is 1.43 bits per heavy atom. The summed E-state index contributed by atoms with van der Waals surface area (Å²) >= 11 is 6.21. The Morgan fingerprint density at radius 3 is 2.76 bits per heavy atom. The summed E-state index contributed by atoms with van der Waals surface area (Å²) < 4.78 is 5.57. The highest BCUT2D eigenvalue weighted by molar-refractivity contribution is 6.31. The lowest BCUT2D eigenvalue weighted by Crippen LogP contribution is -2.18. The first-order chi connectivity index (χ1) is 10.0. The summed E-state index contributed by atoms with van der Waals surface area (Å²) in [5.74, 6) is 1.81. The Labute approximate surface area is 128 Å². The number of aryl methyl sites for hydroxylation is 1. The fourth-order valence-electron chi connectivity index (χ4n) is 1.96. The molecule has 0 aliphatic rings. The largest absolute Gasteiger partial charge is 0.465 e. The molecule has 0 radical (unpaired) electrons. The maximum Gasteiger partial charge on any atom is 0.170 e. The first kappa shape index (κ1) is 15.4. The molecule has 0 aliphatic heterocycles.